The molecule has 1 nitrogen and oxygen atoms in total. The van der Waals surface area contributed by atoms with Crippen LogP contribution in [-0.2, 0) is 0 Å². The average molecular weight is 319 g/mol. The molecule has 0 unspecified atom stereocenters. The Morgan fingerprint density at radius 1 is 0.565 bits per heavy atom. The molecule has 0 amide bonds. The summed E-state index contributed by atoms with van der Waals surface area (Å²) < 4.78 is 1.20. The molecule has 0 saturated heterocycles. The van der Waals surface area contributed by atoms with E-state index < -0.39 is 0 Å². The summed E-state index contributed by atoms with van der Waals surface area (Å²) in [5.41, 5.74) is 1.53. The topological polar surface area (TPSA) is 0 Å². The van der Waals surface area contributed by atoms with Crippen molar-refractivity contribution >= 4 is 5.69 Å². The summed E-state index contributed by atoms with van der Waals surface area (Å²) >= 11 is 0. The molecule has 0 atom stereocenters. The summed E-state index contributed by atoms with van der Waals surface area (Å²) in [7, 11) is 0. The molecule has 0 spiro atoms. The summed E-state index contributed by atoms with van der Waals surface area (Å²) in [4.78, 5) is 0. The molecular weight excluding hydrogens is 278 g/mol. The number of rotatable bonds is 14. The molecule has 132 valence electrons. The first kappa shape index (κ1) is 20.2. The van der Waals surface area contributed by atoms with Crippen LogP contribution in [-0.4, -0.2) is 19.6 Å². The number of nitrogens with zero attached hydrogens (tertiary/aromatic N) is 1. The Labute approximate surface area is 145 Å². The molecule has 23 heavy (non-hydrogen) atoms. The Morgan fingerprint density at radius 3 is 1.61 bits per heavy atom. The van der Waals surface area contributed by atoms with Gasteiger partial charge >= 0.3 is 0 Å². The number of hydrogen-bond acceptors (Lipinski definition) is 0. The molecular formula is C22H40N+. The molecule has 0 N–H and O–H groups in total. The lowest BCUT2D eigenvalue weighted by atomic mass is 10.1. The van der Waals surface area contributed by atoms with Gasteiger partial charge < -0.3 is 0 Å². The van der Waals surface area contributed by atoms with Crippen LogP contribution in [0.4, 0.5) is 5.69 Å². The molecule has 0 saturated carbocycles. The second-order valence-corrected chi connectivity index (χ2v) is 7.13. The molecule has 0 aromatic heterocycles. The Bertz CT molecular complexity index is 365. The fourth-order valence-corrected chi connectivity index (χ4v) is 3.87. The fourth-order valence-electron chi connectivity index (χ4n) is 3.87. The van der Waals surface area contributed by atoms with E-state index in [0.29, 0.717) is 0 Å². The van der Waals surface area contributed by atoms with Crippen molar-refractivity contribution in [3.05, 3.63) is 30.3 Å². The van der Waals surface area contributed by atoms with Crippen LogP contribution in [0.3, 0.4) is 0 Å². The van der Waals surface area contributed by atoms with Gasteiger partial charge in [0.1, 0.15) is 5.69 Å². The van der Waals surface area contributed by atoms with Crippen LogP contribution in [0.5, 0.6) is 0 Å². The quantitative estimate of drug-likeness (QED) is 0.257. The molecule has 0 aliphatic heterocycles. The van der Waals surface area contributed by atoms with Crippen molar-refractivity contribution in [2.45, 2.75) is 85.0 Å². The molecule has 0 aliphatic rings. The standard InChI is InChI=1S/C22H40N/c1-4-7-8-9-10-11-12-16-21-23(19-5-2,20-6-3)22-17-14-13-15-18-22/h13-15,17-18H,4-12,16,19-21H2,1-3H3/q+1. The van der Waals surface area contributed by atoms with Gasteiger partial charge in [-0.25, -0.2) is 0 Å². The number of unbranched alkanes of at least 4 members (excludes halogenated alkanes) is 7. The van der Waals surface area contributed by atoms with E-state index in [1.165, 1.54) is 94.0 Å². The zero-order valence-electron chi connectivity index (χ0n) is 16.0. The lowest BCUT2D eigenvalue weighted by Gasteiger charge is -2.38. The van der Waals surface area contributed by atoms with Gasteiger partial charge in [-0.05, 0) is 37.8 Å². The first-order valence-electron chi connectivity index (χ1n) is 10.2. The Morgan fingerprint density at radius 2 is 1.09 bits per heavy atom. The molecule has 0 bridgehead atoms. The van der Waals surface area contributed by atoms with Crippen molar-refractivity contribution < 1.29 is 0 Å². The minimum Gasteiger partial charge on any atom is -0.291 e. The molecule has 0 fully saturated rings. The van der Waals surface area contributed by atoms with Gasteiger partial charge in [-0.2, -0.15) is 0 Å². The largest absolute Gasteiger partial charge is 0.291 e. The van der Waals surface area contributed by atoms with Crippen LogP contribution in [0.1, 0.15) is 85.0 Å². The smallest absolute Gasteiger partial charge is 0.132 e. The van der Waals surface area contributed by atoms with Crippen LogP contribution in [0.15, 0.2) is 30.3 Å². The predicted molar refractivity (Wildman–Crippen MR) is 106 cm³/mol. The van der Waals surface area contributed by atoms with Gasteiger partial charge in [-0.15, -0.1) is 0 Å². The van der Waals surface area contributed by atoms with Crippen molar-refractivity contribution in [3.63, 3.8) is 0 Å². The van der Waals surface area contributed by atoms with Crippen LogP contribution in [0.2, 0.25) is 0 Å². The predicted octanol–water partition coefficient (Wildman–Crippen LogP) is 6.95. The highest BCUT2D eigenvalue weighted by Crippen LogP contribution is 2.25. The molecule has 1 aromatic carbocycles. The minimum atomic E-state index is 1.20. The van der Waals surface area contributed by atoms with Gasteiger partial charge in [0, 0.05) is 0 Å². The molecule has 1 rings (SSSR count). The molecule has 1 heteroatoms. The Hall–Kier alpha value is -0.820. The lowest BCUT2D eigenvalue weighted by Crippen LogP contribution is -2.51. The third kappa shape index (κ3) is 7.52. The average Bonchev–Trinajstić information content (AvgIpc) is 2.58. The number of quaternary nitrogens is 1. The Kier molecular flexibility index (Phi) is 11.1. The summed E-state index contributed by atoms with van der Waals surface area (Å²) in [6.45, 7) is 10.9. The second-order valence-electron chi connectivity index (χ2n) is 7.13. The maximum atomic E-state index is 2.34. The zero-order valence-corrected chi connectivity index (χ0v) is 16.0. The van der Waals surface area contributed by atoms with Crippen molar-refractivity contribution in [3.8, 4) is 0 Å². The van der Waals surface area contributed by atoms with Crippen molar-refractivity contribution in [2.24, 2.45) is 0 Å². The van der Waals surface area contributed by atoms with E-state index in [-0.39, 0.29) is 0 Å². The maximum absolute atomic E-state index is 2.34. The van der Waals surface area contributed by atoms with Crippen LogP contribution >= 0.6 is 0 Å². The van der Waals surface area contributed by atoms with Gasteiger partial charge in [0.05, 0.1) is 19.6 Å². The number of benzene rings is 1. The fraction of sp³-hybridized carbons (Fsp3) is 0.727. The van der Waals surface area contributed by atoms with Crippen LogP contribution < -0.4 is 4.48 Å². The first-order valence-corrected chi connectivity index (χ1v) is 10.2. The van der Waals surface area contributed by atoms with Gasteiger partial charge in [-0.1, -0.05) is 77.5 Å². The molecule has 1 aromatic rings. The number of hydrogen-bond donors (Lipinski definition) is 0. The normalized spacial score (nSPS) is 11.8. The third-order valence-corrected chi connectivity index (χ3v) is 5.05. The van der Waals surface area contributed by atoms with Gasteiger partial charge in [0.25, 0.3) is 0 Å². The molecule has 0 aliphatic carbocycles. The second kappa shape index (κ2) is 12.6. The summed E-state index contributed by atoms with van der Waals surface area (Å²) in [6, 6.07) is 11.3. The summed E-state index contributed by atoms with van der Waals surface area (Å²) in [6.07, 6.45) is 13.8. The summed E-state index contributed by atoms with van der Waals surface area (Å²) in [5, 5.41) is 0. The van der Waals surface area contributed by atoms with E-state index in [2.05, 4.69) is 51.1 Å². The monoisotopic (exact) mass is 318 g/mol. The van der Waals surface area contributed by atoms with Crippen molar-refractivity contribution in [1.82, 2.24) is 4.48 Å². The van der Waals surface area contributed by atoms with E-state index in [0.717, 1.165) is 0 Å². The van der Waals surface area contributed by atoms with E-state index in [1.54, 1.807) is 0 Å². The highest BCUT2D eigenvalue weighted by molar-refractivity contribution is 5.42. The lowest BCUT2D eigenvalue weighted by molar-refractivity contribution is 0.265. The zero-order chi connectivity index (χ0) is 16.8. The van der Waals surface area contributed by atoms with Gasteiger partial charge in [-0.3, -0.25) is 4.48 Å². The van der Waals surface area contributed by atoms with Gasteiger partial charge in [0.2, 0.25) is 0 Å². The van der Waals surface area contributed by atoms with Crippen molar-refractivity contribution in [1.29, 1.82) is 0 Å². The van der Waals surface area contributed by atoms with E-state index >= 15 is 0 Å². The SMILES string of the molecule is CCCCCCCCCC[N+](CCC)(CCC)c1ccccc1. The van der Waals surface area contributed by atoms with Crippen LogP contribution in [0.25, 0.3) is 0 Å². The Balaban J connectivity index is 2.47. The third-order valence-electron chi connectivity index (χ3n) is 5.05. The van der Waals surface area contributed by atoms with Gasteiger partial charge in [0.15, 0.2) is 0 Å². The molecule has 0 radical (unpaired) electrons. The highest BCUT2D eigenvalue weighted by atomic mass is 15.4. The summed E-state index contributed by atoms with van der Waals surface area (Å²) in [5.74, 6) is 0. The molecule has 0 heterocycles. The maximum Gasteiger partial charge on any atom is 0.132 e. The van der Waals surface area contributed by atoms with E-state index in [4.69, 9.17) is 0 Å². The minimum absolute atomic E-state index is 1.20. The van der Waals surface area contributed by atoms with E-state index in [9.17, 15) is 0 Å². The highest BCUT2D eigenvalue weighted by Gasteiger charge is 2.27. The van der Waals surface area contributed by atoms with E-state index in [1.807, 2.05) is 0 Å². The number of para-hydroxylation sites is 1. The van der Waals surface area contributed by atoms with Crippen LogP contribution in [0, 0.1) is 0 Å². The first-order chi connectivity index (χ1) is 11.3. The van der Waals surface area contributed by atoms with Crippen molar-refractivity contribution in [2.75, 3.05) is 19.6 Å².